The van der Waals surface area contributed by atoms with Gasteiger partial charge in [0, 0.05) is 17.6 Å². The first-order valence-corrected chi connectivity index (χ1v) is 9.39. The van der Waals surface area contributed by atoms with Gasteiger partial charge in [-0.15, -0.1) is 10.2 Å². The van der Waals surface area contributed by atoms with Crippen LogP contribution in [0, 0.1) is 13.8 Å². The molecule has 1 heterocycles. The van der Waals surface area contributed by atoms with Crippen LogP contribution < -0.4 is 5.32 Å². The van der Waals surface area contributed by atoms with Crippen LogP contribution in [0.15, 0.2) is 23.4 Å². The zero-order valence-electron chi connectivity index (χ0n) is 14.7. The summed E-state index contributed by atoms with van der Waals surface area (Å²) < 4.78 is 2.18. The second-order valence-corrected chi connectivity index (χ2v) is 7.62. The molecule has 6 heteroatoms. The summed E-state index contributed by atoms with van der Waals surface area (Å²) in [6.45, 7) is 8.28. The number of hydrogen-bond acceptors (Lipinski definition) is 4. The molecule has 1 aromatic heterocycles. The number of amides is 1. The van der Waals surface area contributed by atoms with Gasteiger partial charge in [-0.05, 0) is 51.7 Å². The number of carbonyl (C=O) groups excluding carboxylic acids is 1. The average Bonchev–Trinajstić information content (AvgIpc) is 3.28. The van der Waals surface area contributed by atoms with E-state index in [4.69, 9.17) is 0 Å². The monoisotopic (exact) mass is 344 g/mol. The maximum atomic E-state index is 12.3. The molecule has 1 aromatic carbocycles. The summed E-state index contributed by atoms with van der Waals surface area (Å²) in [5.74, 6) is 1.95. The summed E-state index contributed by atoms with van der Waals surface area (Å²) in [6, 6.07) is 6.32. The summed E-state index contributed by atoms with van der Waals surface area (Å²) in [7, 11) is 0. The number of anilines is 1. The minimum atomic E-state index is -0.0105. The van der Waals surface area contributed by atoms with E-state index >= 15 is 0 Å². The molecule has 0 saturated heterocycles. The van der Waals surface area contributed by atoms with Crippen molar-refractivity contribution in [3.8, 4) is 0 Å². The molecule has 0 unspecified atom stereocenters. The number of aryl methyl sites for hydroxylation is 2. The topological polar surface area (TPSA) is 59.8 Å². The van der Waals surface area contributed by atoms with E-state index in [2.05, 4.69) is 33.9 Å². The lowest BCUT2D eigenvalue weighted by Crippen LogP contribution is -2.16. The van der Waals surface area contributed by atoms with E-state index in [-0.39, 0.29) is 5.91 Å². The molecule has 0 radical (unpaired) electrons. The van der Waals surface area contributed by atoms with Crippen molar-refractivity contribution in [1.29, 1.82) is 0 Å². The first kappa shape index (κ1) is 17.0. The summed E-state index contributed by atoms with van der Waals surface area (Å²) in [5, 5.41) is 12.5. The van der Waals surface area contributed by atoms with Crippen molar-refractivity contribution in [2.45, 2.75) is 57.7 Å². The summed E-state index contributed by atoms with van der Waals surface area (Å²) in [4.78, 5) is 12.3. The predicted octanol–water partition coefficient (Wildman–Crippen LogP) is 4.08. The van der Waals surface area contributed by atoms with Crippen LogP contribution in [0.3, 0.4) is 0 Å². The van der Waals surface area contributed by atoms with Crippen LogP contribution in [-0.4, -0.2) is 26.4 Å². The Bertz CT molecular complexity index is 729. The maximum absolute atomic E-state index is 12.3. The Labute approximate surface area is 147 Å². The van der Waals surface area contributed by atoms with Gasteiger partial charge in [0.25, 0.3) is 0 Å². The highest BCUT2D eigenvalue weighted by atomic mass is 32.2. The lowest BCUT2D eigenvalue weighted by Gasteiger charge is -2.14. The Morgan fingerprint density at radius 3 is 2.54 bits per heavy atom. The number of thioether (sulfide) groups is 1. The highest BCUT2D eigenvalue weighted by Gasteiger charge is 2.31. The Kier molecular flexibility index (Phi) is 4.94. The molecular formula is C18H24N4OS. The largest absolute Gasteiger partial charge is 0.325 e. The van der Waals surface area contributed by atoms with Crippen molar-refractivity contribution >= 4 is 23.4 Å². The fraction of sp³-hybridized carbons (Fsp3) is 0.500. The minimum Gasteiger partial charge on any atom is -0.325 e. The molecule has 1 amide bonds. The lowest BCUT2D eigenvalue weighted by atomic mass is 10.1. The lowest BCUT2D eigenvalue weighted by molar-refractivity contribution is -0.113. The summed E-state index contributed by atoms with van der Waals surface area (Å²) in [5.41, 5.74) is 3.07. The zero-order chi connectivity index (χ0) is 17.3. The first-order valence-electron chi connectivity index (χ1n) is 8.41. The van der Waals surface area contributed by atoms with Crippen LogP contribution in [0.2, 0.25) is 0 Å². The van der Waals surface area contributed by atoms with Crippen molar-refractivity contribution in [3.63, 3.8) is 0 Å². The van der Waals surface area contributed by atoms with Gasteiger partial charge < -0.3 is 9.88 Å². The fourth-order valence-electron chi connectivity index (χ4n) is 2.81. The van der Waals surface area contributed by atoms with E-state index < -0.39 is 0 Å². The van der Waals surface area contributed by atoms with Gasteiger partial charge in [0.1, 0.15) is 5.82 Å². The smallest absolute Gasteiger partial charge is 0.234 e. The van der Waals surface area contributed by atoms with Gasteiger partial charge in [-0.3, -0.25) is 4.79 Å². The van der Waals surface area contributed by atoms with Crippen LogP contribution in [0.4, 0.5) is 5.69 Å². The standard InChI is InChI=1S/C18H24N4OS/c1-11(2)22-17(14-8-9-14)20-21-18(22)24-10-15(23)19-16-12(3)6-5-7-13(16)4/h5-7,11,14H,8-10H2,1-4H3,(H,19,23). The van der Waals surface area contributed by atoms with E-state index in [9.17, 15) is 4.79 Å². The SMILES string of the molecule is Cc1cccc(C)c1NC(=O)CSc1nnc(C2CC2)n1C(C)C. The highest BCUT2D eigenvalue weighted by molar-refractivity contribution is 7.99. The third kappa shape index (κ3) is 3.64. The van der Waals surface area contributed by atoms with Crippen molar-refractivity contribution in [3.05, 3.63) is 35.2 Å². The summed E-state index contributed by atoms with van der Waals surface area (Å²) >= 11 is 1.46. The number of carbonyl (C=O) groups is 1. The first-order chi connectivity index (χ1) is 11.5. The zero-order valence-corrected chi connectivity index (χ0v) is 15.5. The average molecular weight is 344 g/mol. The van der Waals surface area contributed by atoms with Crippen LogP contribution >= 0.6 is 11.8 Å². The van der Waals surface area contributed by atoms with Gasteiger partial charge in [0.05, 0.1) is 5.75 Å². The third-order valence-corrected chi connectivity index (χ3v) is 5.17. The van der Waals surface area contributed by atoms with E-state index in [1.165, 1.54) is 24.6 Å². The van der Waals surface area contributed by atoms with Gasteiger partial charge in [0.2, 0.25) is 5.91 Å². The minimum absolute atomic E-state index is 0.0105. The van der Waals surface area contributed by atoms with Gasteiger partial charge in [-0.2, -0.15) is 0 Å². The van der Waals surface area contributed by atoms with E-state index in [0.717, 1.165) is 27.8 Å². The predicted molar refractivity (Wildman–Crippen MR) is 97.7 cm³/mol. The Morgan fingerprint density at radius 2 is 1.96 bits per heavy atom. The fourth-order valence-corrected chi connectivity index (χ4v) is 3.68. The molecule has 128 valence electrons. The molecule has 1 saturated carbocycles. The number of benzene rings is 1. The molecule has 1 N–H and O–H groups in total. The van der Waals surface area contributed by atoms with Crippen LogP contribution in [-0.2, 0) is 4.79 Å². The number of para-hydroxylation sites is 1. The molecule has 24 heavy (non-hydrogen) atoms. The van der Waals surface area contributed by atoms with Gasteiger partial charge in [-0.25, -0.2) is 0 Å². The van der Waals surface area contributed by atoms with Crippen LogP contribution in [0.1, 0.15) is 55.6 Å². The molecule has 1 aliphatic carbocycles. The molecule has 0 bridgehead atoms. The van der Waals surface area contributed by atoms with Crippen molar-refractivity contribution in [1.82, 2.24) is 14.8 Å². The maximum Gasteiger partial charge on any atom is 0.234 e. The Morgan fingerprint density at radius 1 is 1.29 bits per heavy atom. The second kappa shape index (κ2) is 6.97. The number of nitrogens with zero attached hydrogens (tertiary/aromatic N) is 3. The molecule has 3 rings (SSSR count). The van der Waals surface area contributed by atoms with Crippen LogP contribution in [0.5, 0.6) is 0 Å². The number of hydrogen-bond donors (Lipinski definition) is 1. The Balaban J connectivity index is 1.66. The quantitative estimate of drug-likeness (QED) is 0.802. The number of nitrogens with one attached hydrogen (secondary N) is 1. The normalized spacial score (nSPS) is 14.2. The molecule has 2 aromatic rings. The highest BCUT2D eigenvalue weighted by Crippen LogP contribution is 2.41. The molecule has 5 nitrogen and oxygen atoms in total. The number of rotatable bonds is 6. The van der Waals surface area contributed by atoms with Gasteiger partial charge in [0.15, 0.2) is 5.16 Å². The second-order valence-electron chi connectivity index (χ2n) is 6.68. The summed E-state index contributed by atoms with van der Waals surface area (Å²) in [6.07, 6.45) is 2.39. The van der Waals surface area contributed by atoms with Crippen molar-refractivity contribution < 1.29 is 4.79 Å². The third-order valence-electron chi connectivity index (χ3n) is 4.23. The molecule has 0 atom stereocenters. The van der Waals surface area contributed by atoms with E-state index in [1.54, 1.807) is 0 Å². The van der Waals surface area contributed by atoms with Crippen molar-refractivity contribution in [2.75, 3.05) is 11.1 Å². The molecule has 1 fully saturated rings. The van der Waals surface area contributed by atoms with Crippen molar-refractivity contribution in [2.24, 2.45) is 0 Å². The van der Waals surface area contributed by atoms with Gasteiger partial charge in [-0.1, -0.05) is 30.0 Å². The Hall–Kier alpha value is -1.82. The molecule has 0 aliphatic heterocycles. The van der Waals surface area contributed by atoms with E-state index in [0.29, 0.717) is 17.7 Å². The molecule has 1 aliphatic rings. The molecule has 0 spiro atoms. The van der Waals surface area contributed by atoms with Gasteiger partial charge >= 0.3 is 0 Å². The molecular weight excluding hydrogens is 320 g/mol. The number of aromatic nitrogens is 3. The van der Waals surface area contributed by atoms with Crippen LogP contribution in [0.25, 0.3) is 0 Å². The van der Waals surface area contributed by atoms with E-state index in [1.807, 2.05) is 32.0 Å².